The maximum absolute atomic E-state index is 4.66. The molecule has 0 fully saturated rings. The van der Waals surface area contributed by atoms with E-state index >= 15 is 0 Å². The largest absolute Gasteiger partial charge is 0.313 e. The van der Waals surface area contributed by atoms with Gasteiger partial charge in [0.05, 0.1) is 16.4 Å². The Morgan fingerprint density at radius 2 is 1.10 bits per heavy atom. The van der Waals surface area contributed by atoms with Crippen molar-refractivity contribution in [3.63, 3.8) is 0 Å². The second-order valence-electron chi connectivity index (χ2n) is 16.7. The van der Waals surface area contributed by atoms with Crippen LogP contribution in [-0.4, -0.2) is 9.13 Å². The van der Waals surface area contributed by atoms with Crippen LogP contribution in [0.3, 0.4) is 0 Å². The van der Waals surface area contributed by atoms with E-state index in [2.05, 4.69) is 223 Å². The molecule has 0 spiro atoms. The first-order valence-corrected chi connectivity index (χ1v) is 21.9. The van der Waals surface area contributed by atoms with Crippen LogP contribution in [0.4, 0.5) is 0 Å². The average Bonchev–Trinajstić information content (AvgIpc) is 3.84. The summed E-state index contributed by atoms with van der Waals surface area (Å²) in [6.45, 7) is 6.72. The number of hydrogen-bond acceptors (Lipinski definition) is 0. The zero-order valence-electron chi connectivity index (χ0n) is 34.8. The molecule has 8 aromatic carbocycles. The summed E-state index contributed by atoms with van der Waals surface area (Å²) in [6.07, 6.45) is 14.4. The van der Waals surface area contributed by atoms with E-state index in [4.69, 9.17) is 0 Å². The van der Waals surface area contributed by atoms with Crippen LogP contribution < -0.4 is 10.6 Å². The standard InChI is InChI=1S/C60H44N2/c1-3-4-21-56-39(2)54-37-43(40-23-25-41(26-24-40)44-30-36-59-55(38-44)50-18-9-6-10-22-57(50)62(59)45-14-7-5-8-15-45)29-35-58(54)61(56)46-31-27-42(28-32-46)47-33-34-53-49-17-12-11-16-48(49)52-20-13-19-51(47)60(52)53/h3-5,7-9,11-21,23-38H,2,6,10,22H2,1H3/b4-3-,56-21+. The fraction of sp³-hybridized carbons (Fsp3) is 0.0667. The van der Waals surface area contributed by atoms with Gasteiger partial charge < -0.3 is 9.13 Å². The quantitative estimate of drug-likeness (QED) is 0.159. The first-order chi connectivity index (χ1) is 30.6. The Bertz CT molecular complexity index is 3560. The van der Waals surface area contributed by atoms with Crippen molar-refractivity contribution in [1.29, 1.82) is 0 Å². The SMILES string of the molecule is C=c1/c(=C\C=C/C)n(-c2ccc(-c3ccc4c5c(cccc35)-c3ccccc3-4)cc2)c2ccc(-c3ccc(-c4ccc5c(c4)c4c(n5-c5ccccc5)CCCC=C4)cc3)cc12. The third-order valence-electron chi connectivity index (χ3n) is 13.3. The highest BCUT2D eigenvalue weighted by Gasteiger charge is 2.23. The number of nitrogens with zero attached hydrogens (tertiary/aromatic N) is 2. The molecule has 12 rings (SSSR count). The van der Waals surface area contributed by atoms with Crippen molar-refractivity contribution in [3.05, 3.63) is 210 Å². The fourth-order valence-electron chi connectivity index (χ4n) is 10.3. The van der Waals surface area contributed by atoms with Crippen LogP contribution in [0.2, 0.25) is 0 Å². The highest BCUT2D eigenvalue weighted by Crippen LogP contribution is 2.49. The Kier molecular flexibility index (Phi) is 8.47. The molecule has 2 aromatic heterocycles. The van der Waals surface area contributed by atoms with Crippen molar-refractivity contribution >= 4 is 51.3 Å². The molecule has 2 heteroatoms. The van der Waals surface area contributed by atoms with Crippen LogP contribution in [0.25, 0.3) is 118 Å². The van der Waals surface area contributed by atoms with Crippen LogP contribution >= 0.6 is 0 Å². The summed E-state index contributed by atoms with van der Waals surface area (Å²) in [4.78, 5) is 0. The van der Waals surface area contributed by atoms with E-state index < -0.39 is 0 Å². The van der Waals surface area contributed by atoms with E-state index in [1.165, 1.54) is 101 Å². The summed E-state index contributed by atoms with van der Waals surface area (Å²) in [5, 5.41) is 7.23. The van der Waals surface area contributed by atoms with Gasteiger partial charge in [-0.15, -0.1) is 0 Å². The molecule has 0 aliphatic heterocycles. The number of rotatable bonds is 6. The summed E-state index contributed by atoms with van der Waals surface area (Å²) < 4.78 is 4.83. The Hall–Kier alpha value is -7.68. The van der Waals surface area contributed by atoms with E-state index in [0.29, 0.717) is 0 Å². The molecule has 2 aliphatic carbocycles. The number of benzene rings is 8. The first kappa shape index (κ1) is 36.2. The highest BCUT2D eigenvalue weighted by molar-refractivity contribution is 6.18. The molecule has 2 aliphatic rings. The molecule has 0 amide bonds. The molecular weight excluding hydrogens is 749 g/mol. The van der Waals surface area contributed by atoms with Crippen LogP contribution in [0.1, 0.15) is 31.0 Å². The van der Waals surface area contributed by atoms with Gasteiger partial charge in [0.1, 0.15) is 0 Å². The summed E-state index contributed by atoms with van der Waals surface area (Å²) in [7, 11) is 0. The Morgan fingerprint density at radius 3 is 1.82 bits per heavy atom. The van der Waals surface area contributed by atoms with E-state index in [0.717, 1.165) is 40.0 Å². The van der Waals surface area contributed by atoms with Gasteiger partial charge in [0.15, 0.2) is 0 Å². The van der Waals surface area contributed by atoms with Gasteiger partial charge in [0, 0.05) is 38.6 Å². The number of allylic oxidation sites excluding steroid dienone is 3. The van der Waals surface area contributed by atoms with Crippen LogP contribution in [0.5, 0.6) is 0 Å². The van der Waals surface area contributed by atoms with Gasteiger partial charge in [-0.25, -0.2) is 0 Å². The molecule has 0 atom stereocenters. The predicted molar refractivity (Wildman–Crippen MR) is 264 cm³/mol. The molecule has 10 aromatic rings. The average molecular weight is 793 g/mol. The lowest BCUT2D eigenvalue weighted by molar-refractivity contribution is 0.807. The van der Waals surface area contributed by atoms with Gasteiger partial charge in [-0.1, -0.05) is 152 Å². The molecule has 0 unspecified atom stereocenters. The van der Waals surface area contributed by atoms with Gasteiger partial charge in [-0.3, -0.25) is 0 Å². The summed E-state index contributed by atoms with van der Waals surface area (Å²) in [5.74, 6) is 0. The van der Waals surface area contributed by atoms with E-state index in [1.807, 2.05) is 0 Å². The van der Waals surface area contributed by atoms with Crippen molar-refractivity contribution < 1.29 is 0 Å². The van der Waals surface area contributed by atoms with Gasteiger partial charge in [-0.05, 0) is 147 Å². The second-order valence-corrected chi connectivity index (χ2v) is 16.7. The fourth-order valence-corrected chi connectivity index (χ4v) is 10.3. The minimum atomic E-state index is 1.02. The van der Waals surface area contributed by atoms with Gasteiger partial charge in [0.2, 0.25) is 0 Å². The first-order valence-electron chi connectivity index (χ1n) is 21.9. The third-order valence-corrected chi connectivity index (χ3v) is 13.3. The number of aromatic nitrogens is 2. The summed E-state index contributed by atoms with van der Waals surface area (Å²) in [6, 6.07) is 62.9. The Labute approximate surface area is 362 Å². The van der Waals surface area contributed by atoms with Crippen LogP contribution in [0.15, 0.2) is 188 Å². The van der Waals surface area contributed by atoms with Gasteiger partial charge in [-0.2, -0.15) is 0 Å². The minimum Gasteiger partial charge on any atom is -0.313 e. The van der Waals surface area contributed by atoms with Gasteiger partial charge in [0.25, 0.3) is 0 Å². The van der Waals surface area contributed by atoms with Crippen LogP contribution in [-0.2, 0) is 6.42 Å². The molecular formula is C60H44N2. The molecule has 294 valence electrons. The zero-order chi connectivity index (χ0) is 41.3. The van der Waals surface area contributed by atoms with Crippen molar-refractivity contribution in [1.82, 2.24) is 9.13 Å². The van der Waals surface area contributed by atoms with E-state index in [1.54, 1.807) is 0 Å². The van der Waals surface area contributed by atoms with E-state index in [-0.39, 0.29) is 0 Å². The lowest BCUT2D eigenvalue weighted by Crippen LogP contribution is -2.26. The van der Waals surface area contributed by atoms with Crippen LogP contribution in [0, 0.1) is 0 Å². The molecule has 62 heavy (non-hydrogen) atoms. The number of para-hydroxylation sites is 1. The smallest absolute Gasteiger partial charge is 0.0541 e. The van der Waals surface area contributed by atoms with Crippen molar-refractivity contribution in [3.8, 4) is 67.0 Å². The third kappa shape index (κ3) is 5.64. The molecule has 0 saturated heterocycles. The topological polar surface area (TPSA) is 9.86 Å². The summed E-state index contributed by atoms with van der Waals surface area (Å²) >= 11 is 0. The molecule has 2 nitrogen and oxygen atoms in total. The second kappa shape index (κ2) is 14.5. The van der Waals surface area contributed by atoms with Crippen molar-refractivity contribution in [2.24, 2.45) is 0 Å². The summed E-state index contributed by atoms with van der Waals surface area (Å²) in [5.41, 5.74) is 20.1. The van der Waals surface area contributed by atoms with E-state index in [9.17, 15) is 0 Å². The molecule has 2 heterocycles. The minimum absolute atomic E-state index is 1.02. The molecule has 0 bridgehead atoms. The normalized spacial score (nSPS) is 13.4. The van der Waals surface area contributed by atoms with Crippen molar-refractivity contribution in [2.45, 2.75) is 26.2 Å². The lowest BCUT2D eigenvalue weighted by Gasteiger charge is -2.12. The van der Waals surface area contributed by atoms with Gasteiger partial charge >= 0.3 is 0 Å². The number of hydrogen-bond donors (Lipinski definition) is 0. The molecule has 0 radical (unpaired) electrons. The Balaban J connectivity index is 0.893. The van der Waals surface area contributed by atoms with Crippen molar-refractivity contribution in [2.75, 3.05) is 0 Å². The molecule has 0 saturated carbocycles. The highest BCUT2D eigenvalue weighted by atomic mass is 15.0. The molecule has 0 N–H and O–H groups in total. The number of fused-ring (bicyclic) bond motifs is 7. The zero-order valence-corrected chi connectivity index (χ0v) is 34.8. The maximum Gasteiger partial charge on any atom is 0.0541 e. The maximum atomic E-state index is 4.66. The monoisotopic (exact) mass is 792 g/mol. The predicted octanol–water partition coefficient (Wildman–Crippen LogP) is 14.5. The Morgan fingerprint density at radius 1 is 0.500 bits per heavy atom. The lowest BCUT2D eigenvalue weighted by atomic mass is 9.94.